The molecule has 0 aliphatic carbocycles. The summed E-state index contributed by atoms with van der Waals surface area (Å²) in [5, 5.41) is 17.7. The summed E-state index contributed by atoms with van der Waals surface area (Å²) in [6.07, 6.45) is 1.47. The molecule has 0 spiro atoms. The van der Waals surface area contributed by atoms with Crippen LogP contribution in [0.1, 0.15) is 53.5 Å². The van der Waals surface area contributed by atoms with E-state index in [2.05, 4.69) is 36.4 Å². The number of nitrogens with zero attached hydrogens (tertiary/aromatic N) is 4. The molecular weight excluding hydrogens is 418 g/mol. The fraction of sp³-hybridized carbons (Fsp3) is 0.240. The van der Waals surface area contributed by atoms with Gasteiger partial charge < -0.3 is 4.74 Å². The molecule has 3 rings (SSSR count). The third kappa shape index (κ3) is 5.15. The lowest BCUT2D eigenvalue weighted by Crippen LogP contribution is -2.31. The van der Waals surface area contributed by atoms with Crippen LogP contribution in [0, 0.1) is 18.3 Å². The summed E-state index contributed by atoms with van der Waals surface area (Å²) in [4.78, 5) is 25.6. The van der Waals surface area contributed by atoms with E-state index in [4.69, 9.17) is 4.74 Å². The van der Waals surface area contributed by atoms with Crippen molar-refractivity contribution >= 4 is 12.1 Å². The molecule has 0 bridgehead atoms. The molecule has 0 aliphatic heterocycles. The molecule has 1 heterocycles. The minimum Gasteiger partial charge on any atom is -0.497 e. The third-order valence-electron chi connectivity index (χ3n) is 5.14. The van der Waals surface area contributed by atoms with E-state index in [9.17, 15) is 14.9 Å². The first-order chi connectivity index (χ1) is 15.7. The maximum Gasteiger partial charge on any atom is 0.292 e. The highest BCUT2D eigenvalue weighted by molar-refractivity contribution is 5.94. The van der Waals surface area contributed by atoms with Crippen LogP contribution in [0.25, 0.3) is 5.69 Å². The molecule has 0 atom stereocenters. The number of ether oxygens (including phenoxy) is 1. The number of rotatable bonds is 5. The quantitative estimate of drug-likeness (QED) is 0.480. The van der Waals surface area contributed by atoms with E-state index in [1.54, 1.807) is 43.5 Å². The third-order valence-corrected chi connectivity index (χ3v) is 5.14. The van der Waals surface area contributed by atoms with Crippen molar-refractivity contribution in [1.29, 1.82) is 5.26 Å². The molecule has 2 aromatic carbocycles. The normalized spacial score (nSPS) is 11.3. The molecule has 33 heavy (non-hydrogen) atoms. The van der Waals surface area contributed by atoms with Gasteiger partial charge in [0, 0.05) is 5.56 Å². The number of nitriles is 1. The van der Waals surface area contributed by atoms with Gasteiger partial charge in [0.25, 0.3) is 11.5 Å². The SMILES string of the molecule is COc1ccc(C=NNC(=O)c2nn(-c3ccc(C(C)(C)C)cc3)c(=O)c(C#N)c2C)cc1. The maximum absolute atomic E-state index is 12.8. The Bertz CT molecular complexity index is 1290. The predicted octanol–water partition coefficient (Wildman–Crippen LogP) is 3.48. The number of benzene rings is 2. The number of carbonyl (C=O) groups is 1. The molecule has 0 fully saturated rings. The summed E-state index contributed by atoms with van der Waals surface area (Å²) in [6.45, 7) is 7.77. The van der Waals surface area contributed by atoms with E-state index in [0.717, 1.165) is 15.8 Å². The van der Waals surface area contributed by atoms with Crippen LogP contribution in [0.15, 0.2) is 58.4 Å². The molecule has 0 saturated heterocycles. The van der Waals surface area contributed by atoms with Crippen LogP contribution in [0.4, 0.5) is 0 Å². The molecule has 8 nitrogen and oxygen atoms in total. The monoisotopic (exact) mass is 443 g/mol. The molecule has 1 aromatic heterocycles. The molecule has 168 valence electrons. The van der Waals surface area contributed by atoms with Gasteiger partial charge >= 0.3 is 0 Å². The second kappa shape index (κ2) is 9.49. The van der Waals surface area contributed by atoms with Crippen LogP contribution in [0.3, 0.4) is 0 Å². The van der Waals surface area contributed by atoms with Crippen molar-refractivity contribution in [2.45, 2.75) is 33.1 Å². The average molecular weight is 444 g/mol. The lowest BCUT2D eigenvalue weighted by Gasteiger charge is -2.19. The van der Waals surface area contributed by atoms with Gasteiger partial charge in [0.15, 0.2) is 5.69 Å². The molecule has 3 aromatic rings. The van der Waals surface area contributed by atoms with Gasteiger partial charge in [-0.1, -0.05) is 32.9 Å². The van der Waals surface area contributed by atoms with Crippen molar-refractivity contribution in [1.82, 2.24) is 15.2 Å². The van der Waals surface area contributed by atoms with Crippen molar-refractivity contribution in [3.63, 3.8) is 0 Å². The minimum absolute atomic E-state index is 0.0575. The molecule has 8 heteroatoms. The van der Waals surface area contributed by atoms with E-state index >= 15 is 0 Å². The summed E-state index contributed by atoms with van der Waals surface area (Å²) in [5.41, 5.74) is 4.05. The molecule has 1 amide bonds. The number of carbonyl (C=O) groups excluding carboxylic acids is 1. The topological polar surface area (TPSA) is 109 Å². The Kier molecular flexibility index (Phi) is 6.73. The number of methoxy groups -OCH3 is 1. The predicted molar refractivity (Wildman–Crippen MR) is 126 cm³/mol. The van der Waals surface area contributed by atoms with E-state index in [0.29, 0.717) is 11.4 Å². The van der Waals surface area contributed by atoms with Gasteiger partial charge in [-0.25, -0.2) is 5.43 Å². The van der Waals surface area contributed by atoms with Gasteiger partial charge in [-0.2, -0.15) is 20.1 Å². The minimum atomic E-state index is -0.631. The number of nitrogens with one attached hydrogen (secondary N) is 1. The second-order valence-corrected chi connectivity index (χ2v) is 8.45. The lowest BCUT2D eigenvalue weighted by molar-refractivity contribution is 0.0947. The van der Waals surface area contributed by atoms with Gasteiger partial charge in [0.2, 0.25) is 0 Å². The average Bonchev–Trinajstić information content (AvgIpc) is 2.79. The zero-order valence-electron chi connectivity index (χ0n) is 19.2. The summed E-state index contributed by atoms with van der Waals surface area (Å²) in [6, 6.07) is 16.3. The van der Waals surface area contributed by atoms with Gasteiger partial charge in [-0.3, -0.25) is 9.59 Å². The van der Waals surface area contributed by atoms with Crippen LogP contribution < -0.4 is 15.7 Å². The highest BCUT2D eigenvalue weighted by atomic mass is 16.5. The van der Waals surface area contributed by atoms with Gasteiger partial charge in [-0.15, -0.1) is 0 Å². The van der Waals surface area contributed by atoms with E-state index in [-0.39, 0.29) is 22.2 Å². The fourth-order valence-electron chi connectivity index (χ4n) is 3.14. The van der Waals surface area contributed by atoms with Crippen LogP contribution in [-0.2, 0) is 5.41 Å². The Balaban J connectivity index is 1.93. The van der Waals surface area contributed by atoms with Crippen molar-refractivity contribution in [2.24, 2.45) is 5.10 Å². The van der Waals surface area contributed by atoms with Gasteiger partial charge in [0.1, 0.15) is 17.4 Å². The lowest BCUT2D eigenvalue weighted by atomic mass is 9.87. The summed E-state index contributed by atoms with van der Waals surface area (Å²) in [5.74, 6) is 0.0756. The summed E-state index contributed by atoms with van der Waals surface area (Å²) >= 11 is 0. The van der Waals surface area contributed by atoms with E-state index in [1.165, 1.54) is 13.1 Å². The first-order valence-electron chi connectivity index (χ1n) is 10.3. The first-order valence-corrected chi connectivity index (χ1v) is 10.3. The number of amides is 1. The standard InChI is InChI=1S/C25H25N5O3/c1-16-21(14-26)24(32)30(19-10-8-18(9-11-19)25(2,3)4)29-22(16)23(31)28-27-15-17-6-12-20(33-5)13-7-17/h6-13,15H,1-5H3,(H,28,31). The number of hydrogen-bond acceptors (Lipinski definition) is 6. The Morgan fingerprint density at radius 3 is 2.33 bits per heavy atom. The Hall–Kier alpha value is -4.25. The highest BCUT2D eigenvalue weighted by Crippen LogP contribution is 2.23. The zero-order valence-corrected chi connectivity index (χ0v) is 19.2. The van der Waals surface area contributed by atoms with E-state index in [1.807, 2.05) is 18.2 Å². The van der Waals surface area contributed by atoms with Crippen molar-refractivity contribution in [3.8, 4) is 17.5 Å². The molecule has 1 N–H and O–H groups in total. The molecule has 0 unspecified atom stereocenters. The van der Waals surface area contributed by atoms with Crippen LogP contribution in [-0.4, -0.2) is 29.0 Å². The van der Waals surface area contributed by atoms with Gasteiger partial charge in [0.05, 0.1) is 19.0 Å². The number of hydrogen-bond donors (Lipinski definition) is 1. The Labute approximate surface area is 192 Å². The van der Waals surface area contributed by atoms with Crippen molar-refractivity contribution < 1.29 is 9.53 Å². The zero-order chi connectivity index (χ0) is 24.2. The van der Waals surface area contributed by atoms with Crippen molar-refractivity contribution in [2.75, 3.05) is 7.11 Å². The number of hydrazone groups is 1. The summed E-state index contributed by atoms with van der Waals surface area (Å²) in [7, 11) is 1.58. The van der Waals surface area contributed by atoms with Crippen LogP contribution in [0.2, 0.25) is 0 Å². The first kappa shape index (κ1) is 23.4. The molecular formula is C25H25N5O3. The Morgan fingerprint density at radius 1 is 1.15 bits per heavy atom. The van der Waals surface area contributed by atoms with Crippen LogP contribution in [0.5, 0.6) is 5.75 Å². The summed E-state index contributed by atoms with van der Waals surface area (Å²) < 4.78 is 6.18. The van der Waals surface area contributed by atoms with E-state index < -0.39 is 11.5 Å². The second-order valence-electron chi connectivity index (χ2n) is 8.45. The molecule has 0 aliphatic rings. The van der Waals surface area contributed by atoms with Gasteiger partial charge in [-0.05, 0) is 59.9 Å². The maximum atomic E-state index is 12.8. The smallest absolute Gasteiger partial charge is 0.292 e. The largest absolute Gasteiger partial charge is 0.497 e. The Morgan fingerprint density at radius 2 is 1.79 bits per heavy atom. The molecule has 0 saturated carbocycles. The highest BCUT2D eigenvalue weighted by Gasteiger charge is 2.20. The van der Waals surface area contributed by atoms with Crippen molar-refractivity contribution in [3.05, 3.63) is 86.8 Å². The number of aromatic nitrogens is 2. The van der Waals surface area contributed by atoms with Crippen LogP contribution >= 0.6 is 0 Å². The molecule has 0 radical (unpaired) electrons. The fourth-order valence-corrected chi connectivity index (χ4v) is 3.14.